The summed E-state index contributed by atoms with van der Waals surface area (Å²) < 4.78 is 22.7. The van der Waals surface area contributed by atoms with Crippen molar-refractivity contribution in [2.45, 2.75) is 24.4 Å². The molecular formula is C15H17ClN2O2S. The Labute approximate surface area is 130 Å². The van der Waals surface area contributed by atoms with Gasteiger partial charge in [-0.2, -0.15) is 0 Å². The van der Waals surface area contributed by atoms with E-state index in [-0.39, 0.29) is 10.9 Å². The van der Waals surface area contributed by atoms with Crippen molar-refractivity contribution in [3.05, 3.63) is 64.7 Å². The van der Waals surface area contributed by atoms with Crippen molar-refractivity contribution in [3.8, 4) is 0 Å². The molecular weight excluding hydrogens is 308 g/mol. The Morgan fingerprint density at radius 1 is 1.19 bits per heavy atom. The highest BCUT2D eigenvalue weighted by Crippen LogP contribution is 2.17. The lowest BCUT2D eigenvalue weighted by molar-refractivity contribution is 0.572. The molecule has 4 nitrogen and oxygen atoms in total. The minimum atomic E-state index is -3.67. The summed E-state index contributed by atoms with van der Waals surface area (Å²) in [5.74, 6) is 0. The zero-order valence-corrected chi connectivity index (χ0v) is 13.2. The quantitative estimate of drug-likeness (QED) is 0.888. The molecule has 0 amide bonds. The maximum Gasteiger partial charge on any atom is 0.238 e. The molecule has 0 radical (unpaired) electrons. The summed E-state index contributed by atoms with van der Waals surface area (Å²) in [7, 11) is -3.67. The number of primary sulfonamides is 1. The topological polar surface area (TPSA) is 72.2 Å². The minimum absolute atomic E-state index is 0.00220. The van der Waals surface area contributed by atoms with Crippen molar-refractivity contribution in [1.82, 2.24) is 5.32 Å². The first-order valence-electron chi connectivity index (χ1n) is 6.47. The SMILES string of the molecule is CC(NCc1ccc(Cl)cc1)c1cccc(S(N)(=O)=O)c1. The number of rotatable bonds is 5. The van der Waals surface area contributed by atoms with E-state index < -0.39 is 10.0 Å². The van der Waals surface area contributed by atoms with Gasteiger partial charge in [0.2, 0.25) is 10.0 Å². The monoisotopic (exact) mass is 324 g/mol. The zero-order valence-electron chi connectivity index (χ0n) is 11.6. The smallest absolute Gasteiger partial charge is 0.238 e. The number of hydrogen-bond donors (Lipinski definition) is 2. The first-order valence-corrected chi connectivity index (χ1v) is 8.39. The maximum absolute atomic E-state index is 11.4. The first kappa shape index (κ1) is 16.0. The second-order valence-corrected chi connectivity index (χ2v) is 6.84. The van der Waals surface area contributed by atoms with E-state index in [1.54, 1.807) is 12.1 Å². The summed E-state index contributed by atoms with van der Waals surface area (Å²) in [6.45, 7) is 2.64. The maximum atomic E-state index is 11.4. The fraction of sp³-hybridized carbons (Fsp3) is 0.200. The molecule has 0 aliphatic rings. The largest absolute Gasteiger partial charge is 0.306 e. The van der Waals surface area contributed by atoms with Gasteiger partial charge in [0, 0.05) is 17.6 Å². The fourth-order valence-electron chi connectivity index (χ4n) is 1.95. The van der Waals surface area contributed by atoms with Gasteiger partial charge in [-0.15, -0.1) is 0 Å². The first-order chi connectivity index (χ1) is 9.86. The van der Waals surface area contributed by atoms with Gasteiger partial charge in [0.05, 0.1) is 4.90 Å². The van der Waals surface area contributed by atoms with Crippen molar-refractivity contribution in [1.29, 1.82) is 0 Å². The second kappa shape index (κ2) is 6.58. The number of sulfonamides is 1. The molecule has 0 fully saturated rings. The molecule has 0 aromatic heterocycles. The molecule has 6 heteroatoms. The highest BCUT2D eigenvalue weighted by atomic mass is 35.5. The second-order valence-electron chi connectivity index (χ2n) is 4.85. The van der Waals surface area contributed by atoms with E-state index in [9.17, 15) is 8.42 Å². The van der Waals surface area contributed by atoms with Crippen LogP contribution in [0.2, 0.25) is 5.02 Å². The number of nitrogens with one attached hydrogen (secondary N) is 1. The summed E-state index contributed by atoms with van der Waals surface area (Å²) in [4.78, 5) is 0.125. The van der Waals surface area contributed by atoms with Crippen LogP contribution in [-0.2, 0) is 16.6 Å². The van der Waals surface area contributed by atoms with E-state index in [0.717, 1.165) is 11.1 Å². The number of benzene rings is 2. The van der Waals surface area contributed by atoms with Gasteiger partial charge in [-0.25, -0.2) is 13.6 Å². The molecule has 0 aliphatic carbocycles. The van der Waals surface area contributed by atoms with E-state index in [2.05, 4.69) is 5.32 Å². The van der Waals surface area contributed by atoms with Gasteiger partial charge in [-0.1, -0.05) is 35.9 Å². The molecule has 0 saturated carbocycles. The molecule has 1 unspecified atom stereocenters. The average molecular weight is 325 g/mol. The van der Waals surface area contributed by atoms with Gasteiger partial charge in [0.15, 0.2) is 0 Å². The van der Waals surface area contributed by atoms with Crippen LogP contribution in [0.15, 0.2) is 53.4 Å². The number of nitrogens with two attached hydrogens (primary N) is 1. The molecule has 2 aromatic rings. The van der Waals surface area contributed by atoms with Crippen molar-refractivity contribution in [3.63, 3.8) is 0 Å². The lowest BCUT2D eigenvalue weighted by Crippen LogP contribution is -2.19. The fourth-order valence-corrected chi connectivity index (χ4v) is 2.65. The Bertz CT molecular complexity index is 715. The Balaban J connectivity index is 2.06. The van der Waals surface area contributed by atoms with E-state index in [4.69, 9.17) is 16.7 Å². The van der Waals surface area contributed by atoms with E-state index >= 15 is 0 Å². The van der Waals surface area contributed by atoms with Crippen LogP contribution in [0.3, 0.4) is 0 Å². The Hall–Kier alpha value is -1.40. The van der Waals surface area contributed by atoms with Crippen LogP contribution in [-0.4, -0.2) is 8.42 Å². The molecule has 0 heterocycles. The summed E-state index contributed by atoms with van der Waals surface area (Å²) in [5.41, 5.74) is 1.98. The summed E-state index contributed by atoms with van der Waals surface area (Å²) in [6, 6.07) is 14.2. The Morgan fingerprint density at radius 3 is 2.48 bits per heavy atom. The lowest BCUT2D eigenvalue weighted by atomic mass is 10.1. The third-order valence-corrected chi connectivity index (χ3v) is 4.38. The predicted octanol–water partition coefficient (Wildman–Crippen LogP) is 2.84. The lowest BCUT2D eigenvalue weighted by Gasteiger charge is -2.15. The van der Waals surface area contributed by atoms with Crippen LogP contribution in [0.25, 0.3) is 0 Å². The van der Waals surface area contributed by atoms with Crippen molar-refractivity contribution < 1.29 is 8.42 Å². The summed E-state index contributed by atoms with van der Waals surface area (Å²) >= 11 is 5.84. The molecule has 112 valence electrons. The highest BCUT2D eigenvalue weighted by Gasteiger charge is 2.11. The van der Waals surface area contributed by atoms with E-state index in [1.165, 1.54) is 6.07 Å². The molecule has 0 bridgehead atoms. The predicted molar refractivity (Wildman–Crippen MR) is 84.5 cm³/mol. The Kier molecular flexibility index (Phi) is 5.00. The normalized spacial score (nSPS) is 13.1. The summed E-state index contributed by atoms with van der Waals surface area (Å²) in [5, 5.41) is 9.18. The number of hydrogen-bond acceptors (Lipinski definition) is 3. The molecule has 0 aliphatic heterocycles. The Morgan fingerprint density at radius 2 is 1.86 bits per heavy atom. The van der Waals surface area contributed by atoms with Crippen LogP contribution >= 0.6 is 11.6 Å². The standard InChI is InChI=1S/C15H17ClN2O2S/c1-11(18-10-12-5-7-14(16)8-6-12)13-3-2-4-15(9-13)21(17,19)20/h2-9,11,18H,10H2,1H3,(H2,17,19,20). The molecule has 1 atom stereocenters. The van der Waals surface area contributed by atoms with E-state index in [1.807, 2.05) is 37.3 Å². The minimum Gasteiger partial charge on any atom is -0.306 e. The summed E-state index contributed by atoms with van der Waals surface area (Å²) in [6.07, 6.45) is 0. The van der Waals surface area contributed by atoms with Gasteiger partial charge < -0.3 is 5.32 Å². The molecule has 3 N–H and O–H groups in total. The highest BCUT2D eigenvalue weighted by molar-refractivity contribution is 7.89. The average Bonchev–Trinajstić information content (AvgIpc) is 2.45. The van der Waals surface area contributed by atoms with Crippen LogP contribution in [0, 0.1) is 0 Å². The third kappa shape index (κ3) is 4.54. The van der Waals surface area contributed by atoms with Crippen molar-refractivity contribution >= 4 is 21.6 Å². The van der Waals surface area contributed by atoms with Gasteiger partial charge in [-0.05, 0) is 42.3 Å². The number of halogens is 1. The third-order valence-electron chi connectivity index (χ3n) is 3.21. The molecule has 21 heavy (non-hydrogen) atoms. The van der Waals surface area contributed by atoms with Crippen molar-refractivity contribution in [2.75, 3.05) is 0 Å². The van der Waals surface area contributed by atoms with E-state index in [0.29, 0.717) is 11.6 Å². The van der Waals surface area contributed by atoms with Crippen LogP contribution in [0.5, 0.6) is 0 Å². The molecule has 2 rings (SSSR count). The van der Waals surface area contributed by atoms with Crippen LogP contribution in [0.1, 0.15) is 24.1 Å². The van der Waals surface area contributed by atoms with Gasteiger partial charge in [0.1, 0.15) is 0 Å². The zero-order chi connectivity index (χ0) is 15.5. The van der Waals surface area contributed by atoms with Gasteiger partial charge >= 0.3 is 0 Å². The molecule has 2 aromatic carbocycles. The van der Waals surface area contributed by atoms with Gasteiger partial charge in [-0.3, -0.25) is 0 Å². The van der Waals surface area contributed by atoms with Crippen LogP contribution < -0.4 is 10.5 Å². The van der Waals surface area contributed by atoms with Gasteiger partial charge in [0.25, 0.3) is 0 Å². The molecule has 0 spiro atoms. The van der Waals surface area contributed by atoms with Crippen LogP contribution in [0.4, 0.5) is 0 Å². The molecule has 0 saturated heterocycles. The van der Waals surface area contributed by atoms with Crippen molar-refractivity contribution in [2.24, 2.45) is 5.14 Å².